The fraction of sp³-hybridized carbons (Fsp3) is 0.533. The molecule has 0 saturated heterocycles. The summed E-state index contributed by atoms with van der Waals surface area (Å²) in [7, 11) is 0. The van der Waals surface area contributed by atoms with Crippen molar-refractivity contribution in [2.75, 3.05) is 6.61 Å². The predicted octanol–water partition coefficient (Wildman–Crippen LogP) is 2.42. The summed E-state index contributed by atoms with van der Waals surface area (Å²) in [4.78, 5) is 12.2. The molecular formula is C15H23ClN2O2. The highest BCUT2D eigenvalue weighted by Crippen LogP contribution is 2.31. The van der Waals surface area contributed by atoms with E-state index in [0.29, 0.717) is 6.61 Å². The van der Waals surface area contributed by atoms with Crippen LogP contribution in [-0.2, 0) is 4.79 Å². The van der Waals surface area contributed by atoms with Gasteiger partial charge in [-0.25, -0.2) is 0 Å². The smallest absolute Gasteiger partial charge is 0.237 e. The van der Waals surface area contributed by atoms with E-state index in [0.717, 1.165) is 17.7 Å². The van der Waals surface area contributed by atoms with Gasteiger partial charge in [-0.3, -0.25) is 4.79 Å². The summed E-state index contributed by atoms with van der Waals surface area (Å²) < 4.78 is 5.58. The van der Waals surface area contributed by atoms with Crippen LogP contribution in [0.3, 0.4) is 0 Å². The third kappa shape index (κ3) is 3.64. The first-order valence-corrected chi connectivity index (χ1v) is 6.67. The van der Waals surface area contributed by atoms with E-state index in [4.69, 9.17) is 10.5 Å². The minimum atomic E-state index is -0.512. The van der Waals surface area contributed by atoms with Crippen LogP contribution in [0.4, 0.5) is 0 Å². The van der Waals surface area contributed by atoms with E-state index in [1.54, 1.807) is 0 Å². The first kappa shape index (κ1) is 16.8. The van der Waals surface area contributed by atoms with Gasteiger partial charge in [0.25, 0.3) is 0 Å². The molecule has 1 aromatic rings. The van der Waals surface area contributed by atoms with Crippen molar-refractivity contribution in [2.24, 2.45) is 11.1 Å². The summed E-state index contributed by atoms with van der Waals surface area (Å²) in [5.41, 5.74) is 6.78. The van der Waals surface area contributed by atoms with E-state index in [9.17, 15) is 4.79 Å². The van der Waals surface area contributed by atoms with Crippen LogP contribution in [0.15, 0.2) is 24.3 Å². The molecule has 1 amide bonds. The van der Waals surface area contributed by atoms with Crippen molar-refractivity contribution in [3.05, 3.63) is 29.8 Å². The molecule has 1 unspecified atom stereocenters. The van der Waals surface area contributed by atoms with Crippen molar-refractivity contribution in [1.82, 2.24) is 5.32 Å². The molecule has 0 radical (unpaired) electrons. The number of carbonyl (C=O) groups excluding carboxylic acids is 1. The van der Waals surface area contributed by atoms with Crippen molar-refractivity contribution in [3.8, 4) is 5.75 Å². The summed E-state index contributed by atoms with van der Waals surface area (Å²) in [6, 6.07) is 7.29. The Bertz CT molecular complexity index is 471. The molecule has 20 heavy (non-hydrogen) atoms. The molecule has 5 heteroatoms. The molecule has 4 nitrogen and oxygen atoms in total. The van der Waals surface area contributed by atoms with Gasteiger partial charge in [0.2, 0.25) is 5.91 Å². The number of nitrogens with two attached hydrogens (primary N) is 1. The van der Waals surface area contributed by atoms with E-state index in [1.807, 2.05) is 45.0 Å². The fourth-order valence-electron chi connectivity index (χ4n) is 2.15. The predicted molar refractivity (Wildman–Crippen MR) is 82.1 cm³/mol. The molecule has 3 N–H and O–H groups in total. The Hall–Kier alpha value is -1.26. The van der Waals surface area contributed by atoms with Gasteiger partial charge in [0.15, 0.2) is 0 Å². The topological polar surface area (TPSA) is 64.4 Å². The van der Waals surface area contributed by atoms with Gasteiger partial charge >= 0.3 is 0 Å². The van der Waals surface area contributed by atoms with Gasteiger partial charge < -0.3 is 15.8 Å². The third-order valence-electron chi connectivity index (χ3n) is 3.49. The maximum atomic E-state index is 12.2. The molecule has 112 valence electrons. The van der Waals surface area contributed by atoms with Gasteiger partial charge in [-0.05, 0) is 11.5 Å². The maximum Gasteiger partial charge on any atom is 0.237 e. The van der Waals surface area contributed by atoms with Crippen molar-refractivity contribution in [3.63, 3.8) is 0 Å². The van der Waals surface area contributed by atoms with E-state index in [-0.39, 0.29) is 29.8 Å². The zero-order valence-electron chi connectivity index (χ0n) is 12.2. The first-order chi connectivity index (χ1) is 8.89. The van der Waals surface area contributed by atoms with Crippen molar-refractivity contribution >= 4 is 18.3 Å². The highest BCUT2D eigenvalue weighted by atomic mass is 35.5. The molecule has 1 aromatic carbocycles. The lowest BCUT2D eigenvalue weighted by atomic mass is 9.86. The second-order valence-corrected chi connectivity index (χ2v) is 6.08. The quantitative estimate of drug-likeness (QED) is 0.881. The molecule has 0 bridgehead atoms. The molecule has 1 heterocycles. The Morgan fingerprint density at radius 3 is 2.70 bits per heavy atom. The standard InChI is InChI=1S/C15H22N2O2.ClH/c1-15(2,3)13(16)14(18)17-11-8-9-19-12-7-5-4-6-10(11)12;/h4-7,11,13H,8-9,16H2,1-3H3,(H,17,18);1H/t11?,13-;/m1./s1. The zero-order valence-corrected chi connectivity index (χ0v) is 13.0. The summed E-state index contributed by atoms with van der Waals surface area (Å²) >= 11 is 0. The Morgan fingerprint density at radius 1 is 1.40 bits per heavy atom. The van der Waals surface area contributed by atoms with Gasteiger partial charge in [-0.15, -0.1) is 12.4 Å². The van der Waals surface area contributed by atoms with E-state index < -0.39 is 6.04 Å². The van der Waals surface area contributed by atoms with Crippen LogP contribution in [0.1, 0.15) is 38.8 Å². The summed E-state index contributed by atoms with van der Waals surface area (Å²) in [5, 5.41) is 3.04. The lowest BCUT2D eigenvalue weighted by Gasteiger charge is -2.31. The highest BCUT2D eigenvalue weighted by molar-refractivity contribution is 5.85. The molecule has 1 aliphatic rings. The number of benzene rings is 1. The lowest BCUT2D eigenvalue weighted by Crippen LogP contribution is -2.49. The van der Waals surface area contributed by atoms with Gasteiger partial charge in [-0.2, -0.15) is 0 Å². The first-order valence-electron chi connectivity index (χ1n) is 6.67. The summed E-state index contributed by atoms with van der Waals surface area (Å²) in [5.74, 6) is 0.748. The Balaban J connectivity index is 0.00000200. The monoisotopic (exact) mass is 298 g/mol. The number of hydrogen-bond acceptors (Lipinski definition) is 3. The average molecular weight is 299 g/mol. The third-order valence-corrected chi connectivity index (χ3v) is 3.49. The number of nitrogens with one attached hydrogen (secondary N) is 1. The SMILES string of the molecule is CC(C)(C)[C@H](N)C(=O)NC1CCOc2ccccc21.Cl. The summed E-state index contributed by atoms with van der Waals surface area (Å²) in [6.45, 7) is 6.52. The van der Waals surface area contributed by atoms with Crippen molar-refractivity contribution < 1.29 is 9.53 Å². The average Bonchev–Trinajstić information content (AvgIpc) is 2.37. The minimum absolute atomic E-state index is 0. The molecule has 0 aliphatic carbocycles. The van der Waals surface area contributed by atoms with Gasteiger partial charge in [0, 0.05) is 12.0 Å². The van der Waals surface area contributed by atoms with Gasteiger partial charge in [-0.1, -0.05) is 39.0 Å². The van der Waals surface area contributed by atoms with E-state index in [1.165, 1.54) is 0 Å². The molecule has 0 spiro atoms. The molecular weight excluding hydrogens is 276 g/mol. The molecule has 2 atom stereocenters. The number of fused-ring (bicyclic) bond motifs is 1. The number of rotatable bonds is 2. The second-order valence-electron chi connectivity index (χ2n) is 6.08. The van der Waals surface area contributed by atoms with E-state index >= 15 is 0 Å². The van der Waals surface area contributed by atoms with Gasteiger partial charge in [0.1, 0.15) is 5.75 Å². The molecule has 2 rings (SSSR count). The number of halogens is 1. The molecule has 0 fully saturated rings. The second kappa shape index (κ2) is 6.46. The van der Waals surface area contributed by atoms with Crippen LogP contribution in [0, 0.1) is 5.41 Å². The fourth-order valence-corrected chi connectivity index (χ4v) is 2.15. The Labute approximate surface area is 126 Å². The van der Waals surface area contributed by atoms with Gasteiger partial charge in [0.05, 0.1) is 18.7 Å². The molecule has 0 aromatic heterocycles. The van der Waals surface area contributed by atoms with Crippen LogP contribution in [0.2, 0.25) is 0 Å². The largest absolute Gasteiger partial charge is 0.493 e. The normalized spacial score (nSPS) is 19.1. The van der Waals surface area contributed by atoms with Crippen LogP contribution in [-0.4, -0.2) is 18.6 Å². The van der Waals surface area contributed by atoms with Crippen molar-refractivity contribution in [1.29, 1.82) is 0 Å². The lowest BCUT2D eigenvalue weighted by molar-refractivity contribution is -0.125. The number of hydrogen-bond donors (Lipinski definition) is 2. The number of amides is 1. The van der Waals surface area contributed by atoms with Crippen LogP contribution in [0.5, 0.6) is 5.75 Å². The Morgan fingerprint density at radius 2 is 2.05 bits per heavy atom. The number of ether oxygens (including phenoxy) is 1. The van der Waals surface area contributed by atoms with Crippen LogP contribution < -0.4 is 15.8 Å². The molecule has 0 saturated carbocycles. The number of carbonyl (C=O) groups is 1. The van der Waals surface area contributed by atoms with Crippen LogP contribution >= 0.6 is 12.4 Å². The van der Waals surface area contributed by atoms with Crippen molar-refractivity contribution in [2.45, 2.75) is 39.3 Å². The number of para-hydroxylation sites is 1. The highest BCUT2D eigenvalue weighted by Gasteiger charge is 2.30. The maximum absolute atomic E-state index is 12.2. The summed E-state index contributed by atoms with van der Waals surface area (Å²) in [6.07, 6.45) is 0.777. The van der Waals surface area contributed by atoms with Crippen LogP contribution in [0.25, 0.3) is 0 Å². The Kier molecular flexibility index (Phi) is 5.42. The zero-order chi connectivity index (χ0) is 14.0. The molecule has 1 aliphatic heterocycles. The minimum Gasteiger partial charge on any atom is -0.493 e. The van der Waals surface area contributed by atoms with E-state index in [2.05, 4.69) is 5.32 Å².